The third-order valence-electron chi connectivity index (χ3n) is 2.66. The van der Waals surface area contributed by atoms with Crippen molar-refractivity contribution in [2.24, 2.45) is 0 Å². The second kappa shape index (κ2) is 4.73. The number of nitriles is 1. The van der Waals surface area contributed by atoms with Crippen LogP contribution in [0.15, 0.2) is 0 Å². The van der Waals surface area contributed by atoms with Gasteiger partial charge in [0.15, 0.2) is 0 Å². The summed E-state index contributed by atoms with van der Waals surface area (Å²) in [5.74, 6) is 0.559. The number of methoxy groups -OCH3 is 1. The molecule has 0 saturated heterocycles. The van der Waals surface area contributed by atoms with Gasteiger partial charge in [0.1, 0.15) is 10.9 Å². The predicted octanol–water partition coefficient (Wildman–Crippen LogP) is 2.14. The van der Waals surface area contributed by atoms with E-state index in [1.165, 1.54) is 24.2 Å². The van der Waals surface area contributed by atoms with Gasteiger partial charge in [-0.3, -0.25) is 0 Å². The predicted molar refractivity (Wildman–Crippen MR) is 65.8 cm³/mol. The second-order valence-corrected chi connectivity index (χ2v) is 4.91. The monoisotopic (exact) mass is 237 g/mol. The van der Waals surface area contributed by atoms with Crippen LogP contribution >= 0.6 is 11.3 Å². The molecule has 0 spiro atoms. The van der Waals surface area contributed by atoms with Gasteiger partial charge < -0.3 is 15.8 Å². The van der Waals surface area contributed by atoms with Crippen molar-refractivity contribution < 1.29 is 4.74 Å². The van der Waals surface area contributed by atoms with Crippen LogP contribution in [-0.2, 0) is 4.74 Å². The molecule has 4 nitrogen and oxygen atoms in total. The van der Waals surface area contributed by atoms with Crippen LogP contribution in [0.25, 0.3) is 0 Å². The molecule has 1 heterocycles. The molecule has 0 radical (unpaired) electrons. The molecule has 0 unspecified atom stereocenters. The van der Waals surface area contributed by atoms with Gasteiger partial charge in [0.25, 0.3) is 0 Å². The fourth-order valence-electron chi connectivity index (χ4n) is 1.71. The van der Waals surface area contributed by atoms with E-state index in [0.717, 1.165) is 17.1 Å². The molecule has 1 fully saturated rings. The molecule has 0 amide bonds. The van der Waals surface area contributed by atoms with Crippen molar-refractivity contribution in [1.29, 1.82) is 5.26 Å². The second-order valence-electron chi connectivity index (χ2n) is 3.89. The van der Waals surface area contributed by atoms with Crippen molar-refractivity contribution >= 4 is 22.0 Å². The molecule has 0 bridgehead atoms. The smallest absolute Gasteiger partial charge is 0.130 e. The van der Waals surface area contributed by atoms with Gasteiger partial charge in [-0.1, -0.05) is 0 Å². The van der Waals surface area contributed by atoms with E-state index in [0.29, 0.717) is 23.1 Å². The van der Waals surface area contributed by atoms with Crippen molar-refractivity contribution in [1.82, 2.24) is 0 Å². The number of anilines is 2. The first kappa shape index (κ1) is 11.2. The maximum absolute atomic E-state index is 8.96. The molecule has 1 aliphatic rings. The average molecular weight is 237 g/mol. The van der Waals surface area contributed by atoms with E-state index in [1.54, 1.807) is 7.11 Å². The number of nitrogens with two attached hydrogens (primary N) is 1. The molecule has 86 valence electrons. The lowest BCUT2D eigenvalue weighted by Crippen LogP contribution is -2.07. The number of nitrogen functional groups attached to an aromatic ring is 1. The fourth-order valence-corrected chi connectivity index (χ4v) is 2.75. The normalized spacial score (nSPS) is 14.8. The zero-order valence-corrected chi connectivity index (χ0v) is 10.1. The topological polar surface area (TPSA) is 71.1 Å². The molecule has 5 heteroatoms. The van der Waals surface area contributed by atoms with E-state index in [9.17, 15) is 0 Å². The minimum absolute atomic E-state index is 0.559. The summed E-state index contributed by atoms with van der Waals surface area (Å²) in [6.45, 7) is 1.41. The van der Waals surface area contributed by atoms with Crippen molar-refractivity contribution in [3.8, 4) is 6.07 Å². The van der Waals surface area contributed by atoms with Gasteiger partial charge in [-0.25, -0.2) is 0 Å². The van der Waals surface area contributed by atoms with Crippen LogP contribution in [-0.4, -0.2) is 20.3 Å². The van der Waals surface area contributed by atoms with Gasteiger partial charge >= 0.3 is 0 Å². The first-order valence-corrected chi connectivity index (χ1v) is 6.14. The van der Waals surface area contributed by atoms with Gasteiger partial charge in [0.05, 0.1) is 17.3 Å². The van der Waals surface area contributed by atoms with E-state index >= 15 is 0 Å². The number of thiophene rings is 1. The van der Waals surface area contributed by atoms with Crippen LogP contribution in [0.4, 0.5) is 10.7 Å². The molecular weight excluding hydrogens is 222 g/mol. The standard InChI is InChI=1S/C11H15N3OS/c1-15-5-4-14-11-9(7-2-3-7)10(13)8(6-12)16-11/h7,14H,2-5,13H2,1H3. The molecule has 1 aliphatic carbocycles. The Morgan fingerprint density at radius 1 is 1.62 bits per heavy atom. The van der Waals surface area contributed by atoms with Crippen LogP contribution in [0.2, 0.25) is 0 Å². The van der Waals surface area contributed by atoms with E-state index in [4.69, 9.17) is 15.7 Å². The SMILES string of the molecule is COCCNc1sc(C#N)c(N)c1C1CC1. The van der Waals surface area contributed by atoms with E-state index < -0.39 is 0 Å². The molecule has 3 N–H and O–H groups in total. The van der Waals surface area contributed by atoms with Crippen molar-refractivity contribution in [2.75, 3.05) is 31.3 Å². The third kappa shape index (κ3) is 2.13. The van der Waals surface area contributed by atoms with Crippen LogP contribution < -0.4 is 11.1 Å². The number of nitrogens with zero attached hydrogens (tertiary/aromatic N) is 1. The Morgan fingerprint density at radius 2 is 2.38 bits per heavy atom. The van der Waals surface area contributed by atoms with Crippen molar-refractivity contribution in [2.45, 2.75) is 18.8 Å². The van der Waals surface area contributed by atoms with Crippen molar-refractivity contribution in [3.63, 3.8) is 0 Å². The Morgan fingerprint density at radius 3 is 2.94 bits per heavy atom. The molecule has 2 rings (SSSR count). The molecular formula is C11H15N3OS. The number of rotatable bonds is 5. The summed E-state index contributed by atoms with van der Waals surface area (Å²) < 4.78 is 4.99. The number of nitrogens with one attached hydrogen (secondary N) is 1. The molecule has 16 heavy (non-hydrogen) atoms. The Hall–Kier alpha value is -1.25. The molecule has 0 aromatic carbocycles. The maximum atomic E-state index is 8.96. The molecule has 1 saturated carbocycles. The van der Waals surface area contributed by atoms with Gasteiger partial charge in [-0.2, -0.15) is 5.26 Å². The first-order valence-electron chi connectivity index (χ1n) is 5.33. The third-order valence-corrected chi connectivity index (χ3v) is 3.75. The number of ether oxygens (including phenoxy) is 1. The summed E-state index contributed by atoms with van der Waals surface area (Å²) in [6.07, 6.45) is 2.37. The van der Waals surface area contributed by atoms with Crippen molar-refractivity contribution in [3.05, 3.63) is 10.4 Å². The Bertz CT molecular complexity index is 418. The van der Waals surface area contributed by atoms with Gasteiger partial charge in [0.2, 0.25) is 0 Å². The molecule has 0 aliphatic heterocycles. The summed E-state index contributed by atoms with van der Waals surface area (Å²) in [4.78, 5) is 0.627. The minimum Gasteiger partial charge on any atom is -0.397 e. The zero-order chi connectivity index (χ0) is 11.5. The van der Waals surface area contributed by atoms with Crippen LogP contribution in [0.1, 0.15) is 29.2 Å². The van der Waals surface area contributed by atoms with Crippen LogP contribution in [0.5, 0.6) is 0 Å². The summed E-state index contributed by atoms with van der Waals surface area (Å²) in [5, 5.41) is 13.3. The average Bonchev–Trinajstić information content (AvgIpc) is 3.05. The van der Waals surface area contributed by atoms with E-state index in [1.807, 2.05) is 0 Å². The highest BCUT2D eigenvalue weighted by molar-refractivity contribution is 7.17. The van der Waals surface area contributed by atoms with Gasteiger partial charge in [0, 0.05) is 19.2 Å². The van der Waals surface area contributed by atoms with E-state index in [2.05, 4.69) is 11.4 Å². The number of hydrogen-bond donors (Lipinski definition) is 2. The number of hydrogen-bond acceptors (Lipinski definition) is 5. The van der Waals surface area contributed by atoms with Gasteiger partial charge in [-0.15, -0.1) is 11.3 Å². The summed E-state index contributed by atoms with van der Waals surface area (Å²) >= 11 is 1.45. The maximum Gasteiger partial charge on any atom is 0.130 e. The Labute approximate surface area is 99.0 Å². The molecule has 0 atom stereocenters. The summed E-state index contributed by atoms with van der Waals surface area (Å²) in [6, 6.07) is 2.15. The summed E-state index contributed by atoms with van der Waals surface area (Å²) in [7, 11) is 1.67. The Balaban J connectivity index is 2.18. The quantitative estimate of drug-likeness (QED) is 0.770. The largest absolute Gasteiger partial charge is 0.397 e. The lowest BCUT2D eigenvalue weighted by Gasteiger charge is -2.06. The van der Waals surface area contributed by atoms with E-state index in [-0.39, 0.29) is 0 Å². The zero-order valence-electron chi connectivity index (χ0n) is 9.25. The highest BCUT2D eigenvalue weighted by Crippen LogP contribution is 2.50. The fraction of sp³-hybridized carbons (Fsp3) is 0.545. The lowest BCUT2D eigenvalue weighted by atomic mass is 10.1. The van der Waals surface area contributed by atoms with Crippen LogP contribution in [0.3, 0.4) is 0 Å². The molecule has 1 aromatic heterocycles. The first-order chi connectivity index (χ1) is 7.77. The summed E-state index contributed by atoms with van der Waals surface area (Å²) in [5.41, 5.74) is 7.80. The Kier molecular flexibility index (Phi) is 3.32. The van der Waals surface area contributed by atoms with Gasteiger partial charge in [-0.05, 0) is 18.8 Å². The van der Waals surface area contributed by atoms with Crippen LogP contribution in [0, 0.1) is 11.3 Å². The minimum atomic E-state index is 0.559. The highest BCUT2D eigenvalue weighted by atomic mass is 32.1. The highest BCUT2D eigenvalue weighted by Gasteiger charge is 2.31. The lowest BCUT2D eigenvalue weighted by molar-refractivity contribution is 0.211. The molecule has 1 aromatic rings.